The molecule has 5 nitrogen and oxygen atoms in total. The van der Waals surface area contributed by atoms with Crippen LogP contribution in [0.4, 0.5) is 0 Å². The summed E-state index contributed by atoms with van der Waals surface area (Å²) in [6, 6.07) is 2.16. The van der Waals surface area contributed by atoms with Gasteiger partial charge in [0, 0.05) is 48.1 Å². The number of H-pyrrole nitrogens is 1. The average molecular weight is 296 g/mol. The van der Waals surface area contributed by atoms with Crippen molar-refractivity contribution < 1.29 is 4.79 Å². The lowest BCUT2D eigenvalue weighted by Crippen LogP contribution is -1.93. The smallest absolute Gasteiger partial charge is 0.137 e. The molecule has 3 aromatic heterocycles. The van der Waals surface area contributed by atoms with Crippen molar-refractivity contribution in [3.05, 3.63) is 35.9 Å². The topological polar surface area (TPSA) is 63.6 Å². The number of aryl methyl sites for hydroxylation is 3. The quantitative estimate of drug-likeness (QED) is 0.786. The molecule has 3 aromatic rings. The van der Waals surface area contributed by atoms with Crippen LogP contribution in [0.1, 0.15) is 31.0 Å². The molecule has 1 N–H and O–H groups in total. The minimum absolute atomic E-state index is 0.242. The number of nitrogens with zero attached hydrogens (tertiary/aromatic N) is 3. The molecule has 0 aliphatic rings. The maximum atomic E-state index is 11.1. The van der Waals surface area contributed by atoms with Gasteiger partial charge in [-0.15, -0.1) is 0 Å². The molecule has 0 amide bonds. The number of hydrogen-bond acceptors (Lipinski definition) is 3. The van der Waals surface area contributed by atoms with Crippen LogP contribution in [0.5, 0.6) is 0 Å². The van der Waals surface area contributed by atoms with Gasteiger partial charge in [0.05, 0.1) is 6.20 Å². The molecule has 0 saturated heterocycles. The summed E-state index contributed by atoms with van der Waals surface area (Å²) >= 11 is 0. The van der Waals surface area contributed by atoms with Gasteiger partial charge >= 0.3 is 0 Å². The van der Waals surface area contributed by atoms with Crippen LogP contribution in [0.2, 0.25) is 0 Å². The predicted octanol–water partition coefficient (Wildman–Crippen LogP) is 3.18. The van der Waals surface area contributed by atoms with Crippen molar-refractivity contribution in [2.75, 3.05) is 0 Å². The number of hydrogen-bond donors (Lipinski definition) is 1. The highest BCUT2D eigenvalue weighted by Crippen LogP contribution is 2.27. The van der Waals surface area contributed by atoms with Crippen LogP contribution in [-0.2, 0) is 18.3 Å². The molecule has 0 aromatic carbocycles. The number of fused-ring (bicyclic) bond motifs is 1. The normalized spacial score (nSPS) is 11.2. The average Bonchev–Trinajstić information content (AvgIpc) is 3.02. The molecule has 3 rings (SSSR count). The van der Waals surface area contributed by atoms with Gasteiger partial charge in [0.2, 0.25) is 0 Å². The zero-order valence-electron chi connectivity index (χ0n) is 13.2. The second-order valence-electron chi connectivity index (χ2n) is 5.81. The lowest BCUT2D eigenvalue weighted by atomic mass is 10.0. The van der Waals surface area contributed by atoms with E-state index >= 15 is 0 Å². The maximum absolute atomic E-state index is 11.1. The first kappa shape index (κ1) is 14.5. The second kappa shape index (κ2) is 5.75. The van der Waals surface area contributed by atoms with Crippen LogP contribution in [0.15, 0.2) is 24.7 Å². The Hall–Kier alpha value is -2.43. The number of pyridine rings is 1. The fourth-order valence-corrected chi connectivity index (χ4v) is 2.81. The van der Waals surface area contributed by atoms with E-state index in [9.17, 15) is 4.79 Å². The summed E-state index contributed by atoms with van der Waals surface area (Å²) in [5, 5.41) is 5.35. The number of carbonyl (C=O) groups excluding carboxylic acids is 1. The zero-order valence-corrected chi connectivity index (χ0v) is 13.2. The summed E-state index contributed by atoms with van der Waals surface area (Å²) < 4.78 is 1.79. The van der Waals surface area contributed by atoms with Crippen LogP contribution in [0.3, 0.4) is 0 Å². The first-order valence-electron chi connectivity index (χ1n) is 7.50. The van der Waals surface area contributed by atoms with E-state index < -0.39 is 0 Å². The van der Waals surface area contributed by atoms with Gasteiger partial charge in [-0.3, -0.25) is 4.68 Å². The van der Waals surface area contributed by atoms with Crippen LogP contribution in [0.25, 0.3) is 22.2 Å². The van der Waals surface area contributed by atoms with Crippen molar-refractivity contribution in [1.82, 2.24) is 19.7 Å². The molecule has 0 radical (unpaired) electrons. The first-order chi connectivity index (χ1) is 10.5. The number of ketones is 1. The van der Waals surface area contributed by atoms with Gasteiger partial charge in [0.25, 0.3) is 0 Å². The zero-order chi connectivity index (χ0) is 15.7. The fourth-order valence-electron chi connectivity index (χ4n) is 2.81. The monoisotopic (exact) mass is 296 g/mol. The van der Waals surface area contributed by atoms with Crippen LogP contribution >= 0.6 is 0 Å². The van der Waals surface area contributed by atoms with Gasteiger partial charge in [-0.25, -0.2) is 4.98 Å². The van der Waals surface area contributed by atoms with Crippen LogP contribution in [0, 0.1) is 6.92 Å². The second-order valence-corrected chi connectivity index (χ2v) is 5.81. The van der Waals surface area contributed by atoms with Gasteiger partial charge in [-0.2, -0.15) is 5.10 Å². The molecule has 0 aliphatic carbocycles. The predicted molar refractivity (Wildman–Crippen MR) is 86.7 cm³/mol. The van der Waals surface area contributed by atoms with E-state index in [1.54, 1.807) is 11.6 Å². The fraction of sp³-hybridized carbons (Fsp3) is 0.353. The third-order valence-corrected chi connectivity index (χ3v) is 3.97. The van der Waals surface area contributed by atoms with Gasteiger partial charge < -0.3 is 9.78 Å². The highest BCUT2D eigenvalue weighted by molar-refractivity contribution is 5.85. The molecular formula is C17H20N4O. The molecular weight excluding hydrogens is 276 g/mol. The summed E-state index contributed by atoms with van der Waals surface area (Å²) in [5.74, 6) is 0.242. The third kappa shape index (κ3) is 2.79. The molecule has 0 unspecified atom stereocenters. The van der Waals surface area contributed by atoms with Gasteiger partial charge in [0.15, 0.2) is 0 Å². The Morgan fingerprint density at radius 2 is 2.14 bits per heavy atom. The van der Waals surface area contributed by atoms with E-state index in [-0.39, 0.29) is 5.78 Å². The van der Waals surface area contributed by atoms with Crippen LogP contribution < -0.4 is 0 Å². The third-order valence-electron chi connectivity index (χ3n) is 3.97. The SMILES string of the molecule is CC(=O)CCCc1c(C)[nH]c2ncc(-c3cnn(C)c3)cc12. The van der Waals surface area contributed by atoms with Crippen molar-refractivity contribution in [3.63, 3.8) is 0 Å². The summed E-state index contributed by atoms with van der Waals surface area (Å²) in [6.07, 6.45) is 8.09. The molecule has 0 atom stereocenters. The van der Waals surface area contributed by atoms with E-state index in [0.29, 0.717) is 6.42 Å². The molecule has 3 heterocycles. The number of aromatic amines is 1. The number of nitrogens with one attached hydrogen (secondary N) is 1. The molecule has 0 spiro atoms. The van der Waals surface area contributed by atoms with E-state index in [2.05, 4.69) is 28.1 Å². The van der Waals surface area contributed by atoms with Gasteiger partial charge in [-0.05, 0) is 38.3 Å². The molecule has 0 aliphatic heterocycles. The Balaban J connectivity index is 1.97. The summed E-state index contributed by atoms with van der Waals surface area (Å²) in [6.45, 7) is 3.71. The Morgan fingerprint density at radius 3 is 2.82 bits per heavy atom. The Morgan fingerprint density at radius 1 is 1.32 bits per heavy atom. The van der Waals surface area contributed by atoms with Crippen LogP contribution in [-0.4, -0.2) is 25.5 Å². The van der Waals surface area contributed by atoms with Crippen molar-refractivity contribution in [1.29, 1.82) is 0 Å². The summed E-state index contributed by atoms with van der Waals surface area (Å²) in [7, 11) is 1.91. The summed E-state index contributed by atoms with van der Waals surface area (Å²) in [4.78, 5) is 19.0. The molecule has 0 fully saturated rings. The van der Waals surface area contributed by atoms with Gasteiger partial charge in [0.1, 0.15) is 11.4 Å². The number of aromatic nitrogens is 4. The van der Waals surface area contributed by atoms with E-state index in [1.807, 2.05) is 25.6 Å². The van der Waals surface area contributed by atoms with Crippen molar-refractivity contribution in [2.24, 2.45) is 7.05 Å². The molecule has 114 valence electrons. The summed E-state index contributed by atoms with van der Waals surface area (Å²) in [5.41, 5.74) is 5.42. The van der Waals surface area contributed by atoms with Crippen molar-refractivity contribution in [3.8, 4) is 11.1 Å². The minimum Gasteiger partial charge on any atom is -0.343 e. The van der Waals surface area contributed by atoms with Crippen molar-refractivity contribution >= 4 is 16.8 Å². The minimum atomic E-state index is 0.242. The number of rotatable bonds is 5. The largest absolute Gasteiger partial charge is 0.343 e. The lowest BCUT2D eigenvalue weighted by Gasteiger charge is -2.02. The maximum Gasteiger partial charge on any atom is 0.137 e. The highest BCUT2D eigenvalue weighted by atomic mass is 16.1. The van der Waals surface area contributed by atoms with E-state index in [0.717, 1.165) is 40.7 Å². The Labute approximate surface area is 129 Å². The van der Waals surface area contributed by atoms with Crippen molar-refractivity contribution in [2.45, 2.75) is 33.1 Å². The number of Topliss-reactive ketones (excluding diaryl/α,β-unsaturated/α-hetero) is 1. The Bertz CT molecular complexity index is 828. The molecule has 5 heteroatoms. The van der Waals surface area contributed by atoms with E-state index in [1.165, 1.54) is 5.56 Å². The lowest BCUT2D eigenvalue weighted by molar-refractivity contribution is -0.117. The molecule has 22 heavy (non-hydrogen) atoms. The number of carbonyl (C=O) groups is 1. The van der Waals surface area contributed by atoms with E-state index in [4.69, 9.17) is 0 Å². The highest BCUT2D eigenvalue weighted by Gasteiger charge is 2.11. The van der Waals surface area contributed by atoms with Gasteiger partial charge in [-0.1, -0.05) is 0 Å². The molecule has 0 saturated carbocycles. The molecule has 0 bridgehead atoms. The Kier molecular flexibility index (Phi) is 3.79. The first-order valence-corrected chi connectivity index (χ1v) is 7.50. The standard InChI is InChI=1S/C17H20N4O/c1-11(22)5-4-6-15-12(2)20-17-16(15)7-13(8-18-17)14-9-19-21(3)10-14/h7-10H,4-6H2,1-3H3,(H,18,20).